The number of hydrogen-bond acceptors (Lipinski definition) is 4. The zero-order chi connectivity index (χ0) is 14.5. The van der Waals surface area contributed by atoms with Crippen molar-refractivity contribution in [1.82, 2.24) is 5.32 Å². The Morgan fingerprint density at radius 1 is 1.42 bits per heavy atom. The van der Waals surface area contributed by atoms with Crippen LogP contribution in [0.15, 0.2) is 17.5 Å². The summed E-state index contributed by atoms with van der Waals surface area (Å²) in [6.07, 6.45) is 1.08. The number of rotatable bonds is 5. The molecule has 1 amide bonds. The molecule has 5 heteroatoms. The number of aryl methyl sites for hydroxylation is 1. The van der Waals surface area contributed by atoms with Crippen molar-refractivity contribution in [3.8, 4) is 0 Å². The van der Waals surface area contributed by atoms with Crippen LogP contribution in [0.5, 0.6) is 0 Å². The zero-order valence-electron chi connectivity index (χ0n) is 11.9. The Labute approximate surface area is 118 Å². The second-order valence-corrected chi connectivity index (χ2v) is 6.43. The van der Waals surface area contributed by atoms with Gasteiger partial charge in [0.1, 0.15) is 11.6 Å². The van der Waals surface area contributed by atoms with Crippen LogP contribution in [0.1, 0.15) is 39.0 Å². The minimum absolute atomic E-state index is 0.133. The smallest absolute Gasteiger partial charge is 0.328 e. The molecule has 0 saturated heterocycles. The van der Waals surface area contributed by atoms with Crippen molar-refractivity contribution in [2.75, 3.05) is 0 Å². The zero-order valence-corrected chi connectivity index (χ0v) is 12.7. The normalized spacial score (nSPS) is 12.8. The molecule has 0 bridgehead atoms. The van der Waals surface area contributed by atoms with Crippen LogP contribution in [0, 0.1) is 0 Å². The van der Waals surface area contributed by atoms with Crippen LogP contribution in [0.25, 0.3) is 0 Å². The average Bonchev–Trinajstić information content (AvgIpc) is 2.76. The standard InChI is InChI=1S/C14H21NO3S/c1-10(13(17)18-14(2,3)4)15-12(16)8-7-11-6-5-9-19-11/h5-6,9-10H,7-8H2,1-4H3,(H,15,16)/t10-/m1/s1. The molecule has 106 valence electrons. The first-order valence-electron chi connectivity index (χ1n) is 6.32. The van der Waals surface area contributed by atoms with E-state index in [4.69, 9.17) is 4.74 Å². The molecule has 1 heterocycles. The summed E-state index contributed by atoms with van der Waals surface area (Å²) in [6, 6.07) is 3.34. The summed E-state index contributed by atoms with van der Waals surface area (Å²) >= 11 is 1.63. The van der Waals surface area contributed by atoms with Gasteiger partial charge in [0, 0.05) is 11.3 Å². The second kappa shape index (κ2) is 6.70. The maximum atomic E-state index is 11.7. The number of carbonyl (C=O) groups excluding carboxylic acids is 2. The van der Waals surface area contributed by atoms with Crippen LogP contribution in [0.2, 0.25) is 0 Å². The topological polar surface area (TPSA) is 55.4 Å². The number of nitrogens with one attached hydrogen (secondary N) is 1. The van der Waals surface area contributed by atoms with Crippen molar-refractivity contribution in [2.24, 2.45) is 0 Å². The third kappa shape index (κ3) is 6.38. The van der Waals surface area contributed by atoms with Crippen molar-refractivity contribution in [2.45, 2.75) is 52.2 Å². The van der Waals surface area contributed by atoms with Gasteiger partial charge in [0.2, 0.25) is 5.91 Å². The maximum absolute atomic E-state index is 11.7. The van der Waals surface area contributed by atoms with Gasteiger partial charge in [0.15, 0.2) is 0 Å². The summed E-state index contributed by atoms with van der Waals surface area (Å²) in [5.74, 6) is -0.538. The molecule has 1 atom stereocenters. The molecule has 0 spiro atoms. The van der Waals surface area contributed by atoms with E-state index in [2.05, 4.69) is 5.32 Å². The summed E-state index contributed by atoms with van der Waals surface area (Å²) in [5.41, 5.74) is -0.535. The Bertz CT molecular complexity index is 420. The van der Waals surface area contributed by atoms with Gasteiger partial charge in [-0.1, -0.05) is 6.07 Å². The average molecular weight is 283 g/mol. The van der Waals surface area contributed by atoms with E-state index >= 15 is 0 Å². The highest BCUT2D eigenvalue weighted by Crippen LogP contribution is 2.11. The van der Waals surface area contributed by atoms with Crippen molar-refractivity contribution in [1.29, 1.82) is 0 Å². The number of thiophene rings is 1. The molecule has 1 aromatic heterocycles. The molecule has 0 aromatic carbocycles. The number of hydrogen-bond donors (Lipinski definition) is 1. The molecule has 1 N–H and O–H groups in total. The van der Waals surface area contributed by atoms with Crippen LogP contribution in [-0.4, -0.2) is 23.5 Å². The molecule has 0 radical (unpaired) electrons. The minimum atomic E-state index is -0.616. The van der Waals surface area contributed by atoms with E-state index in [1.165, 1.54) is 4.88 Å². The molecule has 1 aromatic rings. The van der Waals surface area contributed by atoms with Gasteiger partial charge in [-0.25, -0.2) is 4.79 Å². The van der Waals surface area contributed by atoms with Crippen LogP contribution >= 0.6 is 11.3 Å². The predicted molar refractivity (Wildman–Crippen MR) is 76.1 cm³/mol. The van der Waals surface area contributed by atoms with Gasteiger partial charge in [-0.05, 0) is 45.6 Å². The molecule has 0 aliphatic rings. The van der Waals surface area contributed by atoms with E-state index in [1.807, 2.05) is 17.5 Å². The van der Waals surface area contributed by atoms with Crippen molar-refractivity contribution in [3.05, 3.63) is 22.4 Å². The summed E-state index contributed by atoms with van der Waals surface area (Å²) in [4.78, 5) is 24.6. The molecule has 19 heavy (non-hydrogen) atoms. The van der Waals surface area contributed by atoms with E-state index in [1.54, 1.807) is 39.0 Å². The molecule has 0 fully saturated rings. The molecular formula is C14H21NO3S. The molecule has 0 aliphatic heterocycles. The Morgan fingerprint density at radius 2 is 2.11 bits per heavy atom. The van der Waals surface area contributed by atoms with Crippen LogP contribution in [0.4, 0.5) is 0 Å². The first kappa shape index (κ1) is 15.7. The van der Waals surface area contributed by atoms with Crippen LogP contribution in [0.3, 0.4) is 0 Å². The van der Waals surface area contributed by atoms with Crippen molar-refractivity contribution in [3.63, 3.8) is 0 Å². The lowest BCUT2D eigenvalue weighted by atomic mass is 10.2. The van der Waals surface area contributed by atoms with Gasteiger partial charge in [-0.3, -0.25) is 4.79 Å². The Kier molecular flexibility index (Phi) is 5.54. The lowest BCUT2D eigenvalue weighted by molar-refractivity contribution is -0.158. The van der Waals surface area contributed by atoms with E-state index in [0.717, 1.165) is 0 Å². The fraction of sp³-hybridized carbons (Fsp3) is 0.571. The number of ether oxygens (including phenoxy) is 1. The molecule has 0 saturated carbocycles. The minimum Gasteiger partial charge on any atom is -0.458 e. The number of carbonyl (C=O) groups is 2. The third-order valence-electron chi connectivity index (χ3n) is 2.32. The van der Waals surface area contributed by atoms with Gasteiger partial charge in [0.05, 0.1) is 0 Å². The quantitative estimate of drug-likeness (QED) is 0.845. The SMILES string of the molecule is C[C@@H](NC(=O)CCc1cccs1)C(=O)OC(C)(C)C. The summed E-state index contributed by atoms with van der Waals surface area (Å²) in [7, 11) is 0. The number of amides is 1. The van der Waals surface area contributed by atoms with E-state index in [0.29, 0.717) is 12.8 Å². The molecular weight excluding hydrogens is 262 g/mol. The van der Waals surface area contributed by atoms with Crippen LogP contribution in [-0.2, 0) is 20.7 Å². The van der Waals surface area contributed by atoms with E-state index < -0.39 is 17.6 Å². The van der Waals surface area contributed by atoms with Crippen molar-refractivity contribution < 1.29 is 14.3 Å². The first-order valence-corrected chi connectivity index (χ1v) is 7.20. The van der Waals surface area contributed by atoms with Gasteiger partial charge in [0.25, 0.3) is 0 Å². The Morgan fingerprint density at radius 3 is 2.63 bits per heavy atom. The molecule has 1 rings (SSSR count). The highest BCUT2D eigenvalue weighted by Gasteiger charge is 2.22. The van der Waals surface area contributed by atoms with E-state index in [-0.39, 0.29) is 5.91 Å². The lowest BCUT2D eigenvalue weighted by Crippen LogP contribution is -2.42. The number of esters is 1. The van der Waals surface area contributed by atoms with Gasteiger partial charge in [-0.2, -0.15) is 0 Å². The molecule has 0 aliphatic carbocycles. The highest BCUT2D eigenvalue weighted by atomic mass is 32.1. The lowest BCUT2D eigenvalue weighted by Gasteiger charge is -2.22. The molecule has 0 unspecified atom stereocenters. The maximum Gasteiger partial charge on any atom is 0.328 e. The highest BCUT2D eigenvalue weighted by molar-refractivity contribution is 7.09. The van der Waals surface area contributed by atoms with Crippen LogP contribution < -0.4 is 5.32 Å². The Balaban J connectivity index is 2.33. The second-order valence-electron chi connectivity index (χ2n) is 5.40. The monoisotopic (exact) mass is 283 g/mol. The Hall–Kier alpha value is -1.36. The van der Waals surface area contributed by atoms with Gasteiger partial charge >= 0.3 is 5.97 Å². The largest absolute Gasteiger partial charge is 0.458 e. The van der Waals surface area contributed by atoms with Crippen molar-refractivity contribution >= 4 is 23.2 Å². The summed E-state index contributed by atoms with van der Waals surface area (Å²) in [6.45, 7) is 7.04. The predicted octanol–water partition coefficient (Wildman–Crippen LogP) is 2.53. The first-order chi connectivity index (χ1) is 8.78. The summed E-state index contributed by atoms with van der Waals surface area (Å²) in [5, 5.41) is 4.64. The fourth-order valence-corrected chi connectivity index (χ4v) is 2.16. The van der Waals surface area contributed by atoms with Gasteiger partial charge < -0.3 is 10.1 Å². The molecule has 4 nitrogen and oxygen atoms in total. The summed E-state index contributed by atoms with van der Waals surface area (Å²) < 4.78 is 5.20. The fourth-order valence-electron chi connectivity index (χ4n) is 1.45. The van der Waals surface area contributed by atoms with Gasteiger partial charge in [-0.15, -0.1) is 11.3 Å². The third-order valence-corrected chi connectivity index (χ3v) is 3.25. The van der Waals surface area contributed by atoms with E-state index in [9.17, 15) is 9.59 Å².